The molecule has 17 aromatic rings. The molecule has 0 saturated carbocycles. The zero-order valence-corrected chi connectivity index (χ0v) is 68.0. The molecule has 0 heterocycles. The smallest absolute Gasteiger partial charge is 0.0125 e. The van der Waals surface area contributed by atoms with Crippen LogP contribution in [0.2, 0.25) is 0 Å². The van der Waals surface area contributed by atoms with E-state index in [1.54, 1.807) is 0 Å². The van der Waals surface area contributed by atoms with Crippen molar-refractivity contribution in [2.75, 3.05) is 0 Å². The van der Waals surface area contributed by atoms with Crippen molar-refractivity contribution in [2.45, 2.75) is 81.6 Å². The molecule has 0 heteroatoms. The first-order valence-electron chi connectivity index (χ1n) is 39.8. The fraction of sp³-hybridized carbons (Fsp3) is 0.105. The first-order valence-corrected chi connectivity index (χ1v) is 39.8. The van der Waals surface area contributed by atoms with Crippen LogP contribution in [0.3, 0.4) is 0 Å². The highest BCUT2D eigenvalue weighted by atomic mass is 14.2. The van der Waals surface area contributed by atoms with E-state index < -0.39 is 0 Å². The maximum atomic E-state index is 2.34. The second kappa shape index (κ2) is 39.6. The van der Waals surface area contributed by atoms with Crippen LogP contribution in [0, 0.1) is 55.4 Å². The van der Waals surface area contributed by atoms with E-state index in [-0.39, 0.29) is 5.41 Å². The number of hydrogen-bond donors (Lipinski definition) is 0. The highest BCUT2D eigenvalue weighted by Gasteiger charge is 2.18. The Balaban J connectivity index is 0.000000127. The van der Waals surface area contributed by atoms with Gasteiger partial charge in [-0.25, -0.2) is 0 Å². The van der Waals surface area contributed by atoms with E-state index >= 15 is 0 Å². The van der Waals surface area contributed by atoms with Gasteiger partial charge >= 0.3 is 0 Å². The Kier molecular flexibility index (Phi) is 27.9. The van der Waals surface area contributed by atoms with Gasteiger partial charge in [0.25, 0.3) is 0 Å². The van der Waals surface area contributed by atoms with E-state index in [1.807, 2.05) is 6.07 Å². The van der Waals surface area contributed by atoms with E-state index in [9.17, 15) is 0 Å². The van der Waals surface area contributed by atoms with Crippen LogP contribution >= 0.6 is 0 Å². The van der Waals surface area contributed by atoms with Gasteiger partial charge < -0.3 is 0 Å². The third-order valence-corrected chi connectivity index (χ3v) is 20.7. The van der Waals surface area contributed by atoms with Gasteiger partial charge in [0.2, 0.25) is 0 Å². The Labute approximate surface area is 680 Å². The van der Waals surface area contributed by atoms with Crippen molar-refractivity contribution < 1.29 is 0 Å². The molecule has 0 atom stereocenters. The third-order valence-electron chi connectivity index (χ3n) is 20.7. The number of aryl methyl sites for hydroxylation is 7. The Hall–Kier alpha value is -13.3. The minimum absolute atomic E-state index is 0.209. The second-order valence-electron chi connectivity index (χ2n) is 30.5. The lowest BCUT2D eigenvalue weighted by molar-refractivity contribution is 0.589. The van der Waals surface area contributed by atoms with Crippen LogP contribution in [0.5, 0.6) is 0 Å². The molecule has 0 unspecified atom stereocenters. The molecule has 0 radical (unpaired) electrons. The molecule has 17 aromatic carbocycles. The Bertz CT molecular complexity index is 5650. The molecule has 114 heavy (non-hydrogen) atoms. The SMILES string of the molecule is Cc1c(-c2ccccc2)cccc1-c1ccccc1.Cc1cc(-c2ccccc2)cc(-c2ccccc2)c1.Cc1cc(-c2ccccc2)ccc1-c1ccccc1.Cc1ccc(-c2ccccc2)cc1-c1ccccc1.Cc1cccc(-c2c(C)cc(C(C)(C)C)cc2C)c1.Cc1cccc(-c2cccc(-c3ccccc3)c2)c1. The maximum Gasteiger partial charge on any atom is -0.0125 e. The summed E-state index contributed by atoms with van der Waals surface area (Å²) in [6.07, 6.45) is 0. The second-order valence-corrected chi connectivity index (χ2v) is 30.5. The number of rotatable bonds is 11. The van der Waals surface area contributed by atoms with Crippen LogP contribution in [0.15, 0.2) is 431 Å². The molecule has 0 nitrogen and oxygen atoms in total. The molecule has 0 spiro atoms. The van der Waals surface area contributed by atoms with E-state index in [2.05, 4.69) is 501 Å². The predicted octanol–water partition coefficient (Wildman–Crippen LogP) is 32.2. The lowest BCUT2D eigenvalue weighted by Gasteiger charge is -2.22. The Morgan fingerprint density at radius 3 is 0.807 bits per heavy atom. The molecule has 17 rings (SSSR count). The van der Waals surface area contributed by atoms with Gasteiger partial charge in [0.05, 0.1) is 0 Å². The van der Waals surface area contributed by atoms with Crippen molar-refractivity contribution >= 4 is 0 Å². The largest absolute Gasteiger partial charge is 0.0622 e. The molecule has 0 aliphatic heterocycles. The number of benzene rings is 17. The molecule has 0 aliphatic carbocycles. The molecule has 0 aliphatic rings. The van der Waals surface area contributed by atoms with Crippen LogP contribution in [0.4, 0.5) is 0 Å². The van der Waals surface area contributed by atoms with E-state index in [4.69, 9.17) is 0 Å². The molecule has 560 valence electrons. The molecule has 0 amide bonds. The van der Waals surface area contributed by atoms with E-state index in [0.717, 1.165) is 0 Å². The Morgan fingerprint density at radius 2 is 0.421 bits per heavy atom. The van der Waals surface area contributed by atoms with E-state index in [0.29, 0.717) is 0 Å². The van der Waals surface area contributed by atoms with Crippen LogP contribution in [0.25, 0.3) is 122 Å². The monoisotopic (exact) mass is 1470 g/mol. The lowest BCUT2D eigenvalue weighted by atomic mass is 9.82. The zero-order valence-electron chi connectivity index (χ0n) is 68.0. The van der Waals surface area contributed by atoms with Crippen LogP contribution in [0.1, 0.15) is 70.8 Å². The van der Waals surface area contributed by atoms with Crippen molar-refractivity contribution in [3.63, 3.8) is 0 Å². The van der Waals surface area contributed by atoms with Gasteiger partial charge in [-0.05, 0) is 240 Å². The highest BCUT2D eigenvalue weighted by molar-refractivity contribution is 5.81. The lowest BCUT2D eigenvalue weighted by Crippen LogP contribution is -2.12. The van der Waals surface area contributed by atoms with Crippen molar-refractivity contribution in [1.82, 2.24) is 0 Å². The normalized spacial score (nSPS) is 10.6. The van der Waals surface area contributed by atoms with Gasteiger partial charge in [0.1, 0.15) is 0 Å². The Morgan fingerprint density at radius 1 is 0.149 bits per heavy atom. The van der Waals surface area contributed by atoms with Crippen LogP contribution in [-0.2, 0) is 5.41 Å². The summed E-state index contributed by atoms with van der Waals surface area (Å²) in [6, 6.07) is 152. The van der Waals surface area contributed by atoms with Gasteiger partial charge in [-0.3, -0.25) is 0 Å². The summed E-state index contributed by atoms with van der Waals surface area (Å²) < 4.78 is 0. The topological polar surface area (TPSA) is 0 Å². The van der Waals surface area contributed by atoms with Crippen molar-refractivity contribution in [1.29, 1.82) is 0 Å². The fourth-order valence-electron chi connectivity index (χ4n) is 14.6. The summed E-state index contributed by atoms with van der Waals surface area (Å²) in [7, 11) is 0. The average molecular weight is 1470 g/mol. The number of hydrogen-bond acceptors (Lipinski definition) is 0. The summed E-state index contributed by atoms with van der Waals surface area (Å²) >= 11 is 0. The van der Waals surface area contributed by atoms with Crippen molar-refractivity contribution in [2.24, 2.45) is 0 Å². The van der Waals surface area contributed by atoms with Gasteiger partial charge in [0.15, 0.2) is 0 Å². The third kappa shape index (κ3) is 22.1. The van der Waals surface area contributed by atoms with Gasteiger partial charge in [-0.1, -0.05) is 444 Å². The quantitative estimate of drug-likeness (QED) is 0.121. The molecular formula is C114H104. The highest BCUT2D eigenvalue weighted by Crippen LogP contribution is 2.37. The van der Waals surface area contributed by atoms with E-state index in [1.165, 1.54) is 172 Å². The standard InChI is InChI=1S/5C19H16.C19H24/c1-15-18(16-9-4-2-5-10-16)13-8-14-19(15)17-11-6-3-7-12-17;1-15-12-18(16-8-4-2-5-9-16)14-19(13-15)17-10-6-3-7-11-17;1-15-14-18(16-8-4-2-5-9-16)12-13-19(15)17-10-6-3-7-11-17;1-15-12-13-18(16-8-4-2-5-9-16)14-19(15)17-10-6-3-7-11-17;1-15-7-5-10-17(13-15)19-12-6-11-18(14-19)16-8-3-2-4-9-16;1-13-8-7-9-16(10-13)18-14(2)11-17(12-15(18)3)19(4,5)6/h5*2-14H,1H3;7-12H,1-6H3. The minimum atomic E-state index is 0.209. The minimum Gasteiger partial charge on any atom is -0.0622 e. The molecule has 0 saturated heterocycles. The fourth-order valence-corrected chi connectivity index (χ4v) is 14.6. The summed E-state index contributed by atoms with van der Waals surface area (Å²) in [6.45, 7) is 24.2. The predicted molar refractivity (Wildman–Crippen MR) is 495 cm³/mol. The maximum absolute atomic E-state index is 2.34. The van der Waals surface area contributed by atoms with Crippen LogP contribution in [-0.4, -0.2) is 0 Å². The summed E-state index contributed by atoms with van der Waals surface area (Å²) in [5, 5.41) is 0. The molecule has 0 N–H and O–H groups in total. The van der Waals surface area contributed by atoms with Gasteiger partial charge in [0, 0.05) is 0 Å². The van der Waals surface area contributed by atoms with Crippen molar-refractivity contribution in [3.05, 3.63) is 481 Å². The molecule has 0 bridgehead atoms. The zero-order chi connectivity index (χ0) is 79.6. The summed E-state index contributed by atoms with van der Waals surface area (Å²) in [5.41, 5.74) is 40.5. The molecule has 0 fully saturated rings. The summed E-state index contributed by atoms with van der Waals surface area (Å²) in [4.78, 5) is 0. The summed E-state index contributed by atoms with van der Waals surface area (Å²) in [5.74, 6) is 0. The first-order chi connectivity index (χ1) is 55.5. The van der Waals surface area contributed by atoms with Crippen molar-refractivity contribution in [3.8, 4) is 122 Å². The van der Waals surface area contributed by atoms with Crippen LogP contribution < -0.4 is 0 Å². The average Bonchev–Trinajstić information content (AvgIpc) is 0.824. The van der Waals surface area contributed by atoms with Gasteiger partial charge in [-0.2, -0.15) is 0 Å². The first kappa shape index (κ1) is 80.3. The molecule has 0 aromatic heterocycles. The molecular weight excluding hydrogens is 1370 g/mol. The van der Waals surface area contributed by atoms with Gasteiger partial charge in [-0.15, -0.1) is 0 Å².